The number of nitrogens with zero attached hydrogens (tertiary/aromatic N) is 3. The third-order valence-electron chi connectivity index (χ3n) is 6.06. The molecule has 10 heteroatoms. The number of rotatable bonds is 7. The molecule has 34 heavy (non-hydrogen) atoms. The van der Waals surface area contributed by atoms with Gasteiger partial charge in [0.25, 0.3) is 0 Å². The molecule has 1 saturated heterocycles. The van der Waals surface area contributed by atoms with E-state index in [4.69, 9.17) is 10.3 Å². The number of benzene rings is 2. The van der Waals surface area contributed by atoms with E-state index in [-0.39, 0.29) is 29.0 Å². The van der Waals surface area contributed by atoms with E-state index in [9.17, 15) is 17.6 Å². The molecule has 0 bridgehead atoms. The second kappa shape index (κ2) is 10.0. The molecule has 1 atom stereocenters. The summed E-state index contributed by atoms with van der Waals surface area (Å²) in [6, 6.07) is 12.3. The number of halogens is 1. The molecule has 0 aliphatic carbocycles. The first kappa shape index (κ1) is 24.0. The van der Waals surface area contributed by atoms with Gasteiger partial charge in [-0.25, -0.2) is 12.8 Å². The first-order valence-electron chi connectivity index (χ1n) is 11.1. The van der Waals surface area contributed by atoms with Crippen molar-refractivity contribution in [2.45, 2.75) is 42.5 Å². The number of sulfone groups is 1. The average Bonchev–Trinajstić information content (AvgIpc) is 3.30. The van der Waals surface area contributed by atoms with E-state index in [2.05, 4.69) is 10.1 Å². The molecule has 1 aliphatic heterocycles. The van der Waals surface area contributed by atoms with E-state index in [1.807, 2.05) is 0 Å². The number of piperidine rings is 1. The van der Waals surface area contributed by atoms with Crippen molar-refractivity contribution < 1.29 is 22.1 Å². The number of carbonyl (C=O) groups excluding carboxylic acids is 1. The highest BCUT2D eigenvalue weighted by Crippen LogP contribution is 2.29. The summed E-state index contributed by atoms with van der Waals surface area (Å²) in [5.74, 6) is 0.585. The molecule has 0 unspecified atom stereocenters. The van der Waals surface area contributed by atoms with Gasteiger partial charge >= 0.3 is 0 Å². The zero-order valence-corrected chi connectivity index (χ0v) is 19.7. The van der Waals surface area contributed by atoms with E-state index in [0.29, 0.717) is 55.2 Å². The van der Waals surface area contributed by atoms with Crippen LogP contribution in [0.5, 0.6) is 0 Å². The Morgan fingerprint density at radius 2 is 1.85 bits per heavy atom. The minimum Gasteiger partial charge on any atom is -0.343 e. The number of aromatic nitrogens is 2. The second-order valence-corrected chi connectivity index (χ2v) is 10.7. The largest absolute Gasteiger partial charge is 0.343 e. The number of nitrogens with two attached hydrogens (primary N) is 1. The van der Waals surface area contributed by atoms with Crippen LogP contribution < -0.4 is 5.73 Å². The van der Waals surface area contributed by atoms with Crippen molar-refractivity contribution in [3.63, 3.8) is 0 Å². The van der Waals surface area contributed by atoms with Crippen molar-refractivity contribution in [2.24, 2.45) is 5.73 Å². The van der Waals surface area contributed by atoms with Crippen molar-refractivity contribution in [1.82, 2.24) is 15.0 Å². The quantitative estimate of drug-likeness (QED) is 0.545. The van der Waals surface area contributed by atoms with Crippen LogP contribution in [-0.4, -0.2) is 54.8 Å². The molecule has 180 valence electrons. The van der Waals surface area contributed by atoms with E-state index < -0.39 is 15.9 Å². The first-order valence-corrected chi connectivity index (χ1v) is 13.0. The highest BCUT2D eigenvalue weighted by molar-refractivity contribution is 7.90. The van der Waals surface area contributed by atoms with Crippen LogP contribution in [-0.2, 0) is 21.1 Å². The van der Waals surface area contributed by atoms with Gasteiger partial charge in [0.1, 0.15) is 5.82 Å². The Hall–Kier alpha value is -3.11. The van der Waals surface area contributed by atoms with E-state index in [1.54, 1.807) is 35.2 Å². The Kier molecular flexibility index (Phi) is 7.08. The Bertz CT molecular complexity index is 1250. The van der Waals surface area contributed by atoms with Crippen LogP contribution >= 0.6 is 0 Å². The molecule has 2 N–H and O–H groups in total. The lowest BCUT2D eigenvalue weighted by molar-refractivity contribution is -0.132. The lowest BCUT2D eigenvalue weighted by atomic mass is 9.96. The molecule has 2 aromatic carbocycles. The summed E-state index contributed by atoms with van der Waals surface area (Å²) in [5, 5.41) is 4.03. The van der Waals surface area contributed by atoms with Gasteiger partial charge in [0.15, 0.2) is 9.84 Å². The van der Waals surface area contributed by atoms with Gasteiger partial charge in [-0.15, -0.1) is 0 Å². The second-order valence-electron chi connectivity index (χ2n) is 8.67. The molecule has 1 fully saturated rings. The first-order chi connectivity index (χ1) is 16.2. The third kappa shape index (κ3) is 5.68. The van der Waals surface area contributed by atoms with Crippen LogP contribution in [0.15, 0.2) is 57.9 Å². The molecule has 0 spiro atoms. The number of amides is 1. The summed E-state index contributed by atoms with van der Waals surface area (Å²) in [6.07, 6.45) is 2.99. The van der Waals surface area contributed by atoms with E-state index >= 15 is 0 Å². The van der Waals surface area contributed by atoms with Crippen molar-refractivity contribution in [1.29, 1.82) is 0 Å². The highest BCUT2D eigenvalue weighted by atomic mass is 32.2. The third-order valence-corrected chi connectivity index (χ3v) is 7.18. The average molecular weight is 487 g/mol. The molecule has 0 saturated carbocycles. The van der Waals surface area contributed by atoms with Crippen molar-refractivity contribution in [3.05, 3.63) is 65.8 Å². The van der Waals surface area contributed by atoms with Gasteiger partial charge in [0.05, 0.1) is 4.90 Å². The van der Waals surface area contributed by atoms with Gasteiger partial charge < -0.3 is 15.2 Å². The molecule has 1 aliphatic rings. The predicted molar refractivity (Wildman–Crippen MR) is 124 cm³/mol. The molecule has 0 radical (unpaired) electrons. The monoisotopic (exact) mass is 486 g/mol. The van der Waals surface area contributed by atoms with Gasteiger partial charge in [-0.1, -0.05) is 23.4 Å². The molecule has 2 heterocycles. The van der Waals surface area contributed by atoms with Gasteiger partial charge in [-0.2, -0.15) is 4.98 Å². The Balaban J connectivity index is 1.30. The fourth-order valence-electron chi connectivity index (χ4n) is 4.12. The van der Waals surface area contributed by atoms with Crippen LogP contribution in [0.25, 0.3) is 11.4 Å². The minimum atomic E-state index is -3.27. The molecule has 4 rings (SSSR count). The van der Waals surface area contributed by atoms with Crippen LogP contribution in [0.4, 0.5) is 4.39 Å². The smallest absolute Gasteiger partial charge is 0.230 e. The van der Waals surface area contributed by atoms with Crippen LogP contribution in [0.2, 0.25) is 0 Å². The number of hydrogen-bond acceptors (Lipinski definition) is 7. The summed E-state index contributed by atoms with van der Waals surface area (Å²) in [4.78, 5) is 19.2. The summed E-state index contributed by atoms with van der Waals surface area (Å²) in [7, 11) is -3.27. The summed E-state index contributed by atoms with van der Waals surface area (Å²) >= 11 is 0. The standard InChI is InChI=1S/C24H27FN4O4S/c1-34(31,32)20-8-6-16(7-9-20)23-27-24(33-28-23)17-10-12-29(13-11-17)22(30)15-19(26)14-18-4-2-3-5-21(18)25/h2-9,17,19H,10-15,26H2,1H3/t19-/m1/s1. The molecule has 1 amide bonds. The molecule has 1 aromatic heterocycles. The van der Waals surface area contributed by atoms with Crippen LogP contribution in [0.3, 0.4) is 0 Å². The normalized spacial score (nSPS) is 15.9. The van der Waals surface area contributed by atoms with Crippen molar-refractivity contribution in [2.75, 3.05) is 19.3 Å². The number of likely N-dealkylation sites (tertiary alicyclic amines) is 1. The predicted octanol–water partition coefficient (Wildman–Crippen LogP) is 2.95. The maximum absolute atomic E-state index is 13.8. The SMILES string of the molecule is CS(=O)(=O)c1ccc(-c2noc(C3CCN(C(=O)C[C@H](N)Cc4ccccc4F)CC3)n2)cc1. The van der Waals surface area contributed by atoms with Crippen LogP contribution in [0.1, 0.15) is 36.6 Å². The van der Waals surface area contributed by atoms with Crippen LogP contribution in [0, 0.1) is 5.82 Å². The van der Waals surface area contributed by atoms with Crippen molar-refractivity contribution >= 4 is 15.7 Å². The zero-order chi connectivity index (χ0) is 24.3. The van der Waals surface area contributed by atoms with Gasteiger partial charge in [-0.3, -0.25) is 4.79 Å². The maximum atomic E-state index is 13.8. The highest BCUT2D eigenvalue weighted by Gasteiger charge is 2.28. The number of carbonyl (C=O) groups is 1. The van der Waals surface area contributed by atoms with Gasteiger partial charge in [0, 0.05) is 43.3 Å². The molecular weight excluding hydrogens is 459 g/mol. The van der Waals surface area contributed by atoms with E-state index in [0.717, 1.165) is 6.26 Å². The summed E-state index contributed by atoms with van der Waals surface area (Å²) in [6.45, 7) is 1.10. The Morgan fingerprint density at radius 3 is 2.50 bits per heavy atom. The zero-order valence-electron chi connectivity index (χ0n) is 18.9. The minimum absolute atomic E-state index is 0.0349. The van der Waals surface area contributed by atoms with E-state index in [1.165, 1.54) is 18.2 Å². The van der Waals surface area contributed by atoms with Gasteiger partial charge in [0.2, 0.25) is 17.6 Å². The van der Waals surface area contributed by atoms with Gasteiger partial charge in [-0.05, 0) is 55.2 Å². The number of hydrogen-bond donors (Lipinski definition) is 1. The molecule has 3 aromatic rings. The lowest BCUT2D eigenvalue weighted by Crippen LogP contribution is -2.41. The molecule has 8 nitrogen and oxygen atoms in total. The topological polar surface area (TPSA) is 119 Å². The van der Waals surface area contributed by atoms with Crippen molar-refractivity contribution in [3.8, 4) is 11.4 Å². The Labute approximate surface area is 197 Å². The maximum Gasteiger partial charge on any atom is 0.230 e. The fourth-order valence-corrected chi connectivity index (χ4v) is 4.75. The summed E-state index contributed by atoms with van der Waals surface area (Å²) < 4.78 is 42.5. The summed E-state index contributed by atoms with van der Waals surface area (Å²) in [5.41, 5.74) is 7.29. The lowest BCUT2D eigenvalue weighted by Gasteiger charge is -2.31. The molecular formula is C24H27FN4O4S. The fraction of sp³-hybridized carbons (Fsp3) is 0.375. The Morgan fingerprint density at radius 1 is 1.18 bits per heavy atom.